The number of nitrogens with zero attached hydrogens (tertiary/aromatic N) is 2. The largest absolute Gasteiger partial charge is 0.393 e. The number of hydrazine groups is 1. The van der Waals surface area contributed by atoms with Gasteiger partial charge in [-0.1, -0.05) is 6.58 Å². The first kappa shape index (κ1) is 13.6. The molecule has 0 aromatic rings. The van der Waals surface area contributed by atoms with Gasteiger partial charge in [0.25, 0.3) is 0 Å². The highest BCUT2D eigenvalue weighted by Gasteiger charge is 2.09. The van der Waals surface area contributed by atoms with Gasteiger partial charge in [0, 0.05) is 44.8 Å². The van der Waals surface area contributed by atoms with E-state index in [1.54, 1.807) is 38.5 Å². The molecule has 0 spiro atoms. The minimum atomic E-state index is 0.395. The molecule has 0 heterocycles. The van der Waals surface area contributed by atoms with Crippen molar-refractivity contribution in [3.05, 3.63) is 24.0 Å². The Bertz CT molecular complexity index is 295. The summed E-state index contributed by atoms with van der Waals surface area (Å²) in [5, 5.41) is 3.30. The molecule has 0 unspecified atom stereocenters. The fourth-order valence-corrected chi connectivity index (χ4v) is 1.01. The van der Waals surface area contributed by atoms with Gasteiger partial charge in [-0.3, -0.25) is 4.99 Å². The van der Waals surface area contributed by atoms with Gasteiger partial charge >= 0.3 is 0 Å². The van der Waals surface area contributed by atoms with Gasteiger partial charge < -0.3 is 15.6 Å². The predicted molar refractivity (Wildman–Crippen MR) is 68.4 cm³/mol. The Hall–Kier alpha value is -1.40. The van der Waals surface area contributed by atoms with Gasteiger partial charge in [0.2, 0.25) is 0 Å². The zero-order valence-electron chi connectivity index (χ0n) is 9.24. The fourth-order valence-electron chi connectivity index (χ4n) is 0.903. The van der Waals surface area contributed by atoms with Gasteiger partial charge in [-0.25, -0.2) is 5.84 Å². The molecule has 0 amide bonds. The topological polar surface area (TPSA) is 65.7 Å². The van der Waals surface area contributed by atoms with Crippen LogP contribution in [0, 0.1) is 0 Å². The second-order valence-electron chi connectivity index (χ2n) is 2.73. The van der Waals surface area contributed by atoms with Gasteiger partial charge in [0.05, 0.1) is 0 Å². The van der Waals surface area contributed by atoms with E-state index < -0.39 is 0 Å². The van der Waals surface area contributed by atoms with E-state index in [2.05, 4.69) is 22.3 Å². The quantitative estimate of drug-likeness (QED) is 0.207. The molecule has 15 heavy (non-hydrogen) atoms. The van der Waals surface area contributed by atoms with Crippen molar-refractivity contribution in [1.82, 2.24) is 15.6 Å². The van der Waals surface area contributed by atoms with Crippen LogP contribution in [0.4, 0.5) is 0 Å². The van der Waals surface area contributed by atoms with E-state index in [4.69, 9.17) is 18.1 Å². The number of rotatable bonds is 4. The summed E-state index contributed by atoms with van der Waals surface area (Å²) in [5.41, 5.74) is 3.93. The first-order chi connectivity index (χ1) is 7.08. The number of thiocarbonyl (C=S) groups is 1. The third-order valence-electron chi connectivity index (χ3n) is 1.73. The van der Waals surface area contributed by atoms with Crippen LogP contribution in [-0.2, 0) is 0 Å². The molecule has 84 valence electrons. The Morgan fingerprint density at radius 3 is 2.60 bits per heavy atom. The molecule has 0 aliphatic heterocycles. The van der Waals surface area contributed by atoms with E-state index in [9.17, 15) is 0 Å². The monoisotopic (exact) mass is 227 g/mol. The standard InChI is InChI=1S/C9H17N5S/c1-7(14(4)9(15)13-10)8(5-11-2)6-12-3/h5-6,11H,1,10H2,2-4H3,(H,13,15)/b8-5+,12-6?. The van der Waals surface area contributed by atoms with Crippen LogP contribution in [0.1, 0.15) is 0 Å². The van der Waals surface area contributed by atoms with E-state index in [0.29, 0.717) is 10.8 Å². The highest BCUT2D eigenvalue weighted by Crippen LogP contribution is 2.09. The van der Waals surface area contributed by atoms with Crippen molar-refractivity contribution < 1.29 is 0 Å². The van der Waals surface area contributed by atoms with Crippen LogP contribution >= 0.6 is 12.2 Å². The Kier molecular flexibility index (Phi) is 6.32. The Morgan fingerprint density at radius 1 is 1.60 bits per heavy atom. The number of hydrogen-bond donors (Lipinski definition) is 3. The van der Waals surface area contributed by atoms with Crippen LogP contribution in [-0.4, -0.2) is 37.4 Å². The maximum absolute atomic E-state index is 5.22. The fraction of sp³-hybridized carbons (Fsp3) is 0.333. The molecule has 0 saturated carbocycles. The summed E-state index contributed by atoms with van der Waals surface area (Å²) >= 11 is 4.98. The number of hydrogen-bond acceptors (Lipinski definition) is 4. The summed E-state index contributed by atoms with van der Waals surface area (Å²) in [5.74, 6) is 5.22. The second kappa shape index (κ2) is 6.97. The van der Waals surface area contributed by atoms with Crippen molar-refractivity contribution in [3.63, 3.8) is 0 Å². The van der Waals surface area contributed by atoms with Crippen molar-refractivity contribution in [2.24, 2.45) is 10.8 Å². The van der Waals surface area contributed by atoms with E-state index in [1.807, 2.05) is 0 Å². The number of allylic oxidation sites excluding steroid dienone is 1. The SMILES string of the molecule is C=C(/C(C=NC)=C/NC)N(C)C(=S)NN. The molecule has 0 aliphatic carbocycles. The van der Waals surface area contributed by atoms with Gasteiger partial charge in [-0.05, 0) is 12.2 Å². The third-order valence-corrected chi connectivity index (χ3v) is 2.13. The highest BCUT2D eigenvalue weighted by atomic mass is 32.1. The summed E-state index contributed by atoms with van der Waals surface area (Å²) < 4.78 is 0. The molecular formula is C9H17N5S. The Balaban J connectivity index is 4.79. The number of nitrogens with one attached hydrogen (secondary N) is 2. The van der Waals surface area contributed by atoms with Crippen molar-refractivity contribution in [2.75, 3.05) is 21.1 Å². The van der Waals surface area contributed by atoms with Crippen LogP contribution in [0.15, 0.2) is 29.0 Å². The number of aliphatic imine (C=N–C) groups is 1. The van der Waals surface area contributed by atoms with Crippen LogP contribution < -0.4 is 16.6 Å². The molecular weight excluding hydrogens is 210 g/mol. The first-order valence-electron chi connectivity index (χ1n) is 4.31. The highest BCUT2D eigenvalue weighted by molar-refractivity contribution is 7.80. The van der Waals surface area contributed by atoms with Crippen LogP contribution in [0.5, 0.6) is 0 Å². The molecule has 0 saturated heterocycles. The molecule has 0 rings (SSSR count). The zero-order chi connectivity index (χ0) is 11.8. The summed E-state index contributed by atoms with van der Waals surface area (Å²) in [7, 11) is 5.27. The van der Waals surface area contributed by atoms with Gasteiger partial charge in [0.1, 0.15) is 0 Å². The maximum Gasteiger partial charge on any atom is 0.187 e. The Labute approximate surface area is 95.7 Å². The molecule has 0 fully saturated rings. The maximum atomic E-state index is 5.22. The van der Waals surface area contributed by atoms with E-state index in [0.717, 1.165) is 5.57 Å². The third kappa shape index (κ3) is 4.09. The molecule has 5 nitrogen and oxygen atoms in total. The minimum Gasteiger partial charge on any atom is -0.393 e. The smallest absolute Gasteiger partial charge is 0.187 e. The number of likely N-dealkylation sites (N-methyl/N-ethyl adjacent to an activating group) is 1. The number of nitrogens with two attached hydrogens (primary N) is 1. The molecule has 0 aliphatic rings. The summed E-state index contributed by atoms with van der Waals surface area (Å²) in [6.07, 6.45) is 3.47. The van der Waals surface area contributed by atoms with Gasteiger partial charge in [-0.2, -0.15) is 0 Å². The molecule has 0 radical (unpaired) electrons. The molecule has 0 aromatic carbocycles. The van der Waals surface area contributed by atoms with Crippen molar-refractivity contribution in [3.8, 4) is 0 Å². The van der Waals surface area contributed by atoms with Gasteiger partial charge in [0.15, 0.2) is 5.11 Å². The van der Waals surface area contributed by atoms with Crippen molar-refractivity contribution in [2.45, 2.75) is 0 Å². The van der Waals surface area contributed by atoms with Crippen molar-refractivity contribution >= 4 is 23.5 Å². The molecule has 0 aromatic heterocycles. The van der Waals surface area contributed by atoms with Crippen LogP contribution in [0.3, 0.4) is 0 Å². The summed E-state index contributed by atoms with van der Waals surface area (Å²) in [6.45, 7) is 3.90. The first-order valence-corrected chi connectivity index (χ1v) is 4.72. The van der Waals surface area contributed by atoms with Gasteiger partial charge in [-0.15, -0.1) is 0 Å². The average Bonchev–Trinajstić information content (AvgIpc) is 2.25. The predicted octanol–water partition coefficient (Wildman–Crippen LogP) is -0.0160. The lowest BCUT2D eigenvalue weighted by molar-refractivity contribution is 0.626. The lowest BCUT2D eigenvalue weighted by atomic mass is 10.2. The molecule has 0 atom stereocenters. The lowest BCUT2D eigenvalue weighted by Gasteiger charge is -2.22. The zero-order valence-corrected chi connectivity index (χ0v) is 10.1. The normalized spacial score (nSPS) is 11.3. The van der Waals surface area contributed by atoms with Crippen LogP contribution in [0.25, 0.3) is 0 Å². The van der Waals surface area contributed by atoms with Crippen molar-refractivity contribution in [1.29, 1.82) is 0 Å². The Morgan fingerprint density at radius 2 is 2.20 bits per heavy atom. The summed E-state index contributed by atoms with van der Waals surface area (Å²) in [6, 6.07) is 0. The molecule has 4 N–H and O–H groups in total. The minimum absolute atomic E-state index is 0.395. The lowest BCUT2D eigenvalue weighted by Crippen LogP contribution is -2.40. The van der Waals surface area contributed by atoms with E-state index in [1.165, 1.54) is 0 Å². The molecule has 6 heteroatoms. The van der Waals surface area contributed by atoms with E-state index >= 15 is 0 Å². The summed E-state index contributed by atoms with van der Waals surface area (Å²) in [4.78, 5) is 5.59. The molecule has 0 bridgehead atoms. The second-order valence-corrected chi connectivity index (χ2v) is 3.12. The van der Waals surface area contributed by atoms with Crippen LogP contribution in [0.2, 0.25) is 0 Å². The van der Waals surface area contributed by atoms with E-state index in [-0.39, 0.29) is 0 Å². The average molecular weight is 227 g/mol.